The molecular weight excluding hydrogens is 214 g/mol. The number of nitrogens with one attached hydrogen (secondary N) is 1. The summed E-state index contributed by atoms with van der Waals surface area (Å²) in [5.41, 5.74) is 0. The van der Waals surface area contributed by atoms with Gasteiger partial charge in [-0.05, 0) is 20.3 Å². The smallest absolute Gasteiger partial charge is 0.239 e. The SMILES string of the molecule is CCCCN(CC)C(=O)C(C)N1CCNCC1. The van der Waals surface area contributed by atoms with Crippen LogP contribution in [0.3, 0.4) is 0 Å². The van der Waals surface area contributed by atoms with Gasteiger partial charge in [-0.3, -0.25) is 9.69 Å². The van der Waals surface area contributed by atoms with Crippen molar-refractivity contribution in [3.63, 3.8) is 0 Å². The number of nitrogens with zero attached hydrogens (tertiary/aromatic N) is 2. The van der Waals surface area contributed by atoms with Gasteiger partial charge in [-0.1, -0.05) is 13.3 Å². The largest absolute Gasteiger partial charge is 0.342 e. The van der Waals surface area contributed by atoms with Crippen LogP contribution in [-0.4, -0.2) is 61.0 Å². The van der Waals surface area contributed by atoms with Crippen LogP contribution < -0.4 is 5.32 Å². The minimum Gasteiger partial charge on any atom is -0.342 e. The van der Waals surface area contributed by atoms with Crippen LogP contribution in [0.5, 0.6) is 0 Å². The molecule has 1 fully saturated rings. The lowest BCUT2D eigenvalue weighted by atomic mass is 10.2. The van der Waals surface area contributed by atoms with Crippen LogP contribution in [0.2, 0.25) is 0 Å². The quantitative estimate of drug-likeness (QED) is 0.751. The molecule has 0 bridgehead atoms. The van der Waals surface area contributed by atoms with Crippen molar-refractivity contribution in [2.24, 2.45) is 0 Å². The molecule has 0 radical (unpaired) electrons. The van der Waals surface area contributed by atoms with E-state index in [-0.39, 0.29) is 6.04 Å². The molecule has 1 amide bonds. The van der Waals surface area contributed by atoms with Gasteiger partial charge in [0.2, 0.25) is 5.91 Å². The fourth-order valence-corrected chi connectivity index (χ4v) is 2.26. The van der Waals surface area contributed by atoms with Crippen LogP contribution in [0.15, 0.2) is 0 Å². The molecule has 0 aromatic heterocycles. The lowest BCUT2D eigenvalue weighted by Gasteiger charge is -2.34. The second-order valence-electron chi connectivity index (χ2n) is 4.73. The summed E-state index contributed by atoms with van der Waals surface area (Å²) in [5, 5.41) is 3.32. The van der Waals surface area contributed by atoms with Crippen molar-refractivity contribution in [2.45, 2.75) is 39.7 Å². The van der Waals surface area contributed by atoms with Gasteiger partial charge in [-0.2, -0.15) is 0 Å². The fourth-order valence-electron chi connectivity index (χ4n) is 2.26. The highest BCUT2D eigenvalue weighted by atomic mass is 16.2. The van der Waals surface area contributed by atoms with E-state index >= 15 is 0 Å². The van der Waals surface area contributed by atoms with E-state index in [0.717, 1.165) is 52.1 Å². The highest BCUT2D eigenvalue weighted by Crippen LogP contribution is 2.06. The average molecular weight is 241 g/mol. The maximum atomic E-state index is 12.3. The van der Waals surface area contributed by atoms with Crippen molar-refractivity contribution in [3.05, 3.63) is 0 Å². The Balaban J connectivity index is 2.47. The predicted molar refractivity (Wildman–Crippen MR) is 71.1 cm³/mol. The molecule has 0 aliphatic carbocycles. The van der Waals surface area contributed by atoms with Crippen LogP contribution in [0.1, 0.15) is 33.6 Å². The molecule has 0 saturated carbocycles. The molecular formula is C13H27N3O. The molecule has 1 heterocycles. The number of rotatable bonds is 6. The lowest BCUT2D eigenvalue weighted by Crippen LogP contribution is -2.53. The first-order valence-corrected chi connectivity index (χ1v) is 6.94. The molecule has 1 N–H and O–H groups in total. The Morgan fingerprint density at radius 2 is 2.00 bits per heavy atom. The molecule has 0 spiro atoms. The van der Waals surface area contributed by atoms with Crippen LogP contribution in [0.4, 0.5) is 0 Å². The molecule has 1 atom stereocenters. The molecule has 1 aliphatic rings. The zero-order chi connectivity index (χ0) is 12.7. The van der Waals surface area contributed by atoms with E-state index in [1.54, 1.807) is 0 Å². The molecule has 0 aromatic carbocycles. The van der Waals surface area contributed by atoms with E-state index in [4.69, 9.17) is 0 Å². The first-order valence-electron chi connectivity index (χ1n) is 6.94. The van der Waals surface area contributed by atoms with Gasteiger partial charge >= 0.3 is 0 Å². The molecule has 1 aliphatic heterocycles. The molecule has 100 valence electrons. The Kier molecular flexibility index (Phi) is 6.52. The van der Waals surface area contributed by atoms with E-state index in [1.165, 1.54) is 0 Å². The Bertz CT molecular complexity index is 227. The van der Waals surface area contributed by atoms with Gasteiger partial charge in [0.05, 0.1) is 6.04 Å². The Hall–Kier alpha value is -0.610. The van der Waals surface area contributed by atoms with Crippen LogP contribution >= 0.6 is 0 Å². The van der Waals surface area contributed by atoms with Gasteiger partial charge in [-0.25, -0.2) is 0 Å². The summed E-state index contributed by atoms with van der Waals surface area (Å²) in [7, 11) is 0. The second kappa shape index (κ2) is 7.67. The summed E-state index contributed by atoms with van der Waals surface area (Å²) >= 11 is 0. The third kappa shape index (κ3) is 4.28. The number of carbonyl (C=O) groups excluding carboxylic acids is 1. The first-order chi connectivity index (χ1) is 8.20. The van der Waals surface area contributed by atoms with Crippen molar-refractivity contribution >= 4 is 5.91 Å². The average Bonchev–Trinajstić information content (AvgIpc) is 2.39. The Labute approximate surface area is 105 Å². The molecule has 1 saturated heterocycles. The van der Waals surface area contributed by atoms with E-state index in [2.05, 4.69) is 24.1 Å². The number of hydrogen-bond acceptors (Lipinski definition) is 3. The Morgan fingerprint density at radius 1 is 1.35 bits per heavy atom. The first kappa shape index (κ1) is 14.5. The maximum absolute atomic E-state index is 12.3. The number of unbranched alkanes of at least 4 members (excludes halogenated alkanes) is 1. The van der Waals surface area contributed by atoms with Crippen LogP contribution in [-0.2, 0) is 4.79 Å². The minimum absolute atomic E-state index is 0.0360. The lowest BCUT2D eigenvalue weighted by molar-refractivity contribution is -0.136. The van der Waals surface area contributed by atoms with Crippen molar-refractivity contribution in [1.29, 1.82) is 0 Å². The van der Waals surface area contributed by atoms with Crippen LogP contribution in [0, 0.1) is 0 Å². The topological polar surface area (TPSA) is 35.6 Å². The van der Waals surface area contributed by atoms with E-state index in [0.29, 0.717) is 5.91 Å². The van der Waals surface area contributed by atoms with Crippen LogP contribution in [0.25, 0.3) is 0 Å². The Morgan fingerprint density at radius 3 is 2.53 bits per heavy atom. The van der Waals surface area contributed by atoms with E-state index < -0.39 is 0 Å². The maximum Gasteiger partial charge on any atom is 0.239 e. The van der Waals surface area contributed by atoms with Gasteiger partial charge in [-0.15, -0.1) is 0 Å². The molecule has 4 nitrogen and oxygen atoms in total. The zero-order valence-electron chi connectivity index (χ0n) is 11.5. The normalized spacial score (nSPS) is 19.0. The number of likely N-dealkylation sites (N-methyl/N-ethyl adjacent to an activating group) is 1. The zero-order valence-corrected chi connectivity index (χ0v) is 11.5. The molecule has 4 heteroatoms. The summed E-state index contributed by atoms with van der Waals surface area (Å²) in [6.45, 7) is 12.0. The number of piperazine rings is 1. The summed E-state index contributed by atoms with van der Waals surface area (Å²) < 4.78 is 0. The fraction of sp³-hybridized carbons (Fsp3) is 0.923. The summed E-state index contributed by atoms with van der Waals surface area (Å²) in [5.74, 6) is 0.294. The standard InChI is InChI=1S/C13H27N3O/c1-4-6-9-15(5-2)13(17)12(3)16-10-7-14-8-11-16/h12,14H,4-11H2,1-3H3. The summed E-state index contributed by atoms with van der Waals surface area (Å²) in [6, 6.07) is 0.0360. The molecule has 1 unspecified atom stereocenters. The molecule has 17 heavy (non-hydrogen) atoms. The third-order valence-corrected chi connectivity index (χ3v) is 3.53. The van der Waals surface area contributed by atoms with Gasteiger partial charge in [0.15, 0.2) is 0 Å². The molecule has 0 aromatic rings. The van der Waals surface area contributed by atoms with Gasteiger partial charge < -0.3 is 10.2 Å². The van der Waals surface area contributed by atoms with E-state index in [9.17, 15) is 4.79 Å². The number of hydrogen-bond donors (Lipinski definition) is 1. The minimum atomic E-state index is 0.0360. The molecule has 1 rings (SSSR count). The van der Waals surface area contributed by atoms with Gasteiger partial charge in [0.25, 0.3) is 0 Å². The van der Waals surface area contributed by atoms with Crippen molar-refractivity contribution < 1.29 is 4.79 Å². The highest BCUT2D eigenvalue weighted by molar-refractivity contribution is 5.81. The number of amides is 1. The van der Waals surface area contributed by atoms with E-state index in [1.807, 2.05) is 11.8 Å². The summed E-state index contributed by atoms with van der Waals surface area (Å²) in [4.78, 5) is 16.6. The van der Waals surface area contributed by atoms with Gasteiger partial charge in [0.1, 0.15) is 0 Å². The highest BCUT2D eigenvalue weighted by Gasteiger charge is 2.25. The van der Waals surface area contributed by atoms with Crippen molar-refractivity contribution in [1.82, 2.24) is 15.1 Å². The second-order valence-corrected chi connectivity index (χ2v) is 4.73. The summed E-state index contributed by atoms with van der Waals surface area (Å²) in [6.07, 6.45) is 2.25. The third-order valence-electron chi connectivity index (χ3n) is 3.53. The monoisotopic (exact) mass is 241 g/mol. The van der Waals surface area contributed by atoms with Crippen molar-refractivity contribution in [2.75, 3.05) is 39.3 Å². The predicted octanol–water partition coefficient (Wildman–Crippen LogP) is 0.929. The van der Waals surface area contributed by atoms with Gasteiger partial charge in [0, 0.05) is 39.3 Å². The number of carbonyl (C=O) groups is 1. The van der Waals surface area contributed by atoms with Crippen molar-refractivity contribution in [3.8, 4) is 0 Å².